The first kappa shape index (κ1) is 16.4. The average Bonchev–Trinajstić information content (AvgIpc) is 2.59. The van der Waals surface area contributed by atoms with Crippen molar-refractivity contribution in [1.82, 2.24) is 14.5 Å². The number of sulfonamides is 1. The Morgan fingerprint density at radius 2 is 1.71 bits per heavy atom. The molecule has 1 N–H and O–H groups in total. The van der Waals surface area contributed by atoms with Crippen LogP contribution in [0.4, 0.5) is 0 Å². The number of hydrogen-bond acceptors (Lipinski definition) is 4. The summed E-state index contributed by atoms with van der Waals surface area (Å²) in [4.78, 5) is 2.66. The zero-order valence-corrected chi connectivity index (χ0v) is 13.7. The number of likely N-dealkylation sites (N-methyl/N-ethyl adjacent to an activating group) is 1. The van der Waals surface area contributed by atoms with Crippen molar-refractivity contribution in [2.45, 2.75) is 18.7 Å². The van der Waals surface area contributed by atoms with Gasteiger partial charge in [0.2, 0.25) is 10.0 Å². The summed E-state index contributed by atoms with van der Waals surface area (Å²) in [5, 5.41) is 3.31. The van der Waals surface area contributed by atoms with Gasteiger partial charge in [0.15, 0.2) is 0 Å². The Morgan fingerprint density at radius 1 is 1.05 bits per heavy atom. The predicted molar refractivity (Wildman–Crippen MR) is 84.9 cm³/mol. The number of aryl methyl sites for hydroxylation is 1. The molecular weight excluding hydrogens is 286 g/mol. The van der Waals surface area contributed by atoms with Crippen molar-refractivity contribution in [3.8, 4) is 0 Å². The standard InChI is InChI=1S/C15H25N3O2S/c1-3-17-10-8-16-9-11-18(13-12-17)21(19,20)15-6-4-14(2)5-7-15/h4-7,16H,3,8-13H2,1-2H3. The minimum Gasteiger partial charge on any atom is -0.314 e. The summed E-state index contributed by atoms with van der Waals surface area (Å²) in [6, 6.07) is 7.09. The van der Waals surface area contributed by atoms with E-state index in [0.29, 0.717) is 24.5 Å². The van der Waals surface area contributed by atoms with Crippen molar-refractivity contribution in [1.29, 1.82) is 0 Å². The quantitative estimate of drug-likeness (QED) is 0.901. The number of nitrogens with zero attached hydrogens (tertiary/aromatic N) is 2. The molecule has 0 spiro atoms. The van der Waals surface area contributed by atoms with Gasteiger partial charge in [-0.2, -0.15) is 4.31 Å². The Kier molecular flexibility index (Phi) is 5.75. The van der Waals surface area contributed by atoms with Crippen LogP contribution in [-0.4, -0.2) is 63.4 Å². The molecule has 0 aliphatic carbocycles. The fourth-order valence-corrected chi connectivity index (χ4v) is 3.89. The second-order valence-electron chi connectivity index (χ2n) is 5.40. The van der Waals surface area contributed by atoms with E-state index >= 15 is 0 Å². The highest BCUT2D eigenvalue weighted by molar-refractivity contribution is 7.89. The molecule has 2 rings (SSSR count). The van der Waals surface area contributed by atoms with Crippen LogP contribution in [0.3, 0.4) is 0 Å². The summed E-state index contributed by atoms with van der Waals surface area (Å²) in [7, 11) is -3.40. The Morgan fingerprint density at radius 3 is 2.38 bits per heavy atom. The van der Waals surface area contributed by atoms with E-state index in [1.165, 1.54) is 0 Å². The van der Waals surface area contributed by atoms with E-state index in [2.05, 4.69) is 17.1 Å². The molecule has 1 aromatic carbocycles. The lowest BCUT2D eigenvalue weighted by molar-refractivity contribution is 0.275. The molecule has 0 amide bonds. The van der Waals surface area contributed by atoms with Gasteiger partial charge in [0.25, 0.3) is 0 Å². The van der Waals surface area contributed by atoms with Crippen LogP contribution in [0.15, 0.2) is 29.2 Å². The maximum absolute atomic E-state index is 12.8. The predicted octanol–water partition coefficient (Wildman–Crippen LogP) is 0.911. The summed E-state index contributed by atoms with van der Waals surface area (Å²) in [5.74, 6) is 0. The molecule has 0 atom stereocenters. The van der Waals surface area contributed by atoms with Gasteiger partial charge in [-0.3, -0.25) is 0 Å². The van der Waals surface area contributed by atoms with Crippen LogP contribution >= 0.6 is 0 Å². The number of hydrogen-bond donors (Lipinski definition) is 1. The van der Waals surface area contributed by atoms with E-state index in [-0.39, 0.29) is 0 Å². The highest BCUT2D eigenvalue weighted by atomic mass is 32.2. The Balaban J connectivity index is 2.18. The van der Waals surface area contributed by atoms with E-state index in [1.54, 1.807) is 16.4 Å². The zero-order chi connectivity index (χ0) is 15.3. The molecule has 0 aromatic heterocycles. The summed E-state index contributed by atoms with van der Waals surface area (Å²) < 4.78 is 27.1. The minimum absolute atomic E-state index is 0.385. The van der Waals surface area contributed by atoms with Crippen molar-refractivity contribution < 1.29 is 8.42 Å². The molecule has 21 heavy (non-hydrogen) atoms. The fraction of sp³-hybridized carbons (Fsp3) is 0.600. The van der Waals surface area contributed by atoms with Crippen LogP contribution in [0, 0.1) is 6.92 Å². The molecule has 1 aromatic rings. The summed E-state index contributed by atoms with van der Waals surface area (Å²) >= 11 is 0. The molecule has 0 unspecified atom stereocenters. The third-order valence-electron chi connectivity index (χ3n) is 3.91. The average molecular weight is 311 g/mol. The normalized spacial score (nSPS) is 19.7. The van der Waals surface area contributed by atoms with Gasteiger partial charge >= 0.3 is 0 Å². The van der Waals surface area contributed by atoms with E-state index in [4.69, 9.17) is 0 Å². The van der Waals surface area contributed by atoms with Crippen LogP contribution in [-0.2, 0) is 10.0 Å². The van der Waals surface area contributed by atoms with Gasteiger partial charge in [-0.25, -0.2) is 8.42 Å². The number of rotatable bonds is 3. The van der Waals surface area contributed by atoms with Crippen molar-refractivity contribution in [2.75, 3.05) is 45.8 Å². The third-order valence-corrected chi connectivity index (χ3v) is 5.83. The number of nitrogens with one attached hydrogen (secondary N) is 1. The Bertz CT molecular complexity index is 543. The van der Waals surface area contributed by atoms with Gasteiger partial charge in [0, 0.05) is 39.3 Å². The van der Waals surface area contributed by atoms with E-state index in [0.717, 1.165) is 31.7 Å². The summed E-state index contributed by atoms with van der Waals surface area (Å²) in [6.45, 7) is 9.43. The van der Waals surface area contributed by atoms with E-state index < -0.39 is 10.0 Å². The molecule has 5 nitrogen and oxygen atoms in total. The molecule has 1 aliphatic heterocycles. The van der Waals surface area contributed by atoms with Gasteiger partial charge < -0.3 is 10.2 Å². The van der Waals surface area contributed by atoms with E-state index in [9.17, 15) is 8.42 Å². The first-order valence-electron chi connectivity index (χ1n) is 7.54. The Hall–Kier alpha value is -0.950. The molecule has 1 fully saturated rings. The summed E-state index contributed by atoms with van der Waals surface area (Å²) in [6.07, 6.45) is 0. The second kappa shape index (κ2) is 7.35. The molecule has 0 bridgehead atoms. The lowest BCUT2D eigenvalue weighted by atomic mass is 10.2. The lowest BCUT2D eigenvalue weighted by Crippen LogP contribution is -2.39. The van der Waals surface area contributed by atoms with Gasteiger partial charge in [-0.05, 0) is 25.6 Å². The SMILES string of the molecule is CCN1CCNCCN(S(=O)(=O)c2ccc(C)cc2)CC1. The topological polar surface area (TPSA) is 52.6 Å². The van der Waals surface area contributed by atoms with Crippen molar-refractivity contribution in [3.63, 3.8) is 0 Å². The van der Waals surface area contributed by atoms with Crippen LogP contribution in [0.1, 0.15) is 12.5 Å². The molecule has 118 valence electrons. The molecule has 1 heterocycles. The van der Waals surface area contributed by atoms with Gasteiger partial charge in [0.1, 0.15) is 0 Å². The van der Waals surface area contributed by atoms with Crippen LogP contribution in [0.25, 0.3) is 0 Å². The summed E-state index contributed by atoms with van der Waals surface area (Å²) in [5.41, 5.74) is 1.07. The fourth-order valence-electron chi connectivity index (χ4n) is 2.46. The molecule has 0 radical (unpaired) electrons. The molecular formula is C15H25N3O2S. The minimum atomic E-state index is -3.40. The first-order valence-corrected chi connectivity index (χ1v) is 8.98. The van der Waals surface area contributed by atoms with Crippen LogP contribution in [0.5, 0.6) is 0 Å². The van der Waals surface area contributed by atoms with Crippen LogP contribution < -0.4 is 5.32 Å². The van der Waals surface area contributed by atoms with Gasteiger partial charge in [-0.15, -0.1) is 0 Å². The second-order valence-corrected chi connectivity index (χ2v) is 7.34. The Labute approximate surface area is 128 Å². The molecule has 1 aliphatic rings. The van der Waals surface area contributed by atoms with Crippen molar-refractivity contribution >= 4 is 10.0 Å². The van der Waals surface area contributed by atoms with Crippen molar-refractivity contribution in [2.24, 2.45) is 0 Å². The highest BCUT2D eigenvalue weighted by Crippen LogP contribution is 2.16. The van der Waals surface area contributed by atoms with Crippen LogP contribution in [0.2, 0.25) is 0 Å². The third kappa shape index (κ3) is 4.26. The number of benzene rings is 1. The smallest absolute Gasteiger partial charge is 0.243 e. The first-order chi connectivity index (χ1) is 10.0. The maximum atomic E-state index is 12.8. The largest absolute Gasteiger partial charge is 0.314 e. The maximum Gasteiger partial charge on any atom is 0.243 e. The van der Waals surface area contributed by atoms with E-state index in [1.807, 2.05) is 19.1 Å². The molecule has 0 saturated carbocycles. The van der Waals surface area contributed by atoms with Crippen molar-refractivity contribution in [3.05, 3.63) is 29.8 Å². The molecule has 1 saturated heterocycles. The zero-order valence-electron chi connectivity index (χ0n) is 12.9. The lowest BCUT2D eigenvalue weighted by Gasteiger charge is -2.24. The monoisotopic (exact) mass is 311 g/mol. The highest BCUT2D eigenvalue weighted by Gasteiger charge is 2.24. The van der Waals surface area contributed by atoms with Gasteiger partial charge in [0.05, 0.1) is 4.90 Å². The molecule has 6 heteroatoms. The van der Waals surface area contributed by atoms with Gasteiger partial charge in [-0.1, -0.05) is 24.6 Å².